The number of hydrogen-bond donors (Lipinski definition) is 1. The minimum atomic E-state index is -4.47. The Balaban J connectivity index is 2.31. The zero-order chi connectivity index (χ0) is 15.5. The lowest BCUT2D eigenvalue weighted by molar-refractivity contribution is -0.138. The normalized spacial score (nSPS) is 13.0. The van der Waals surface area contributed by atoms with Gasteiger partial charge in [0.15, 0.2) is 0 Å². The molecule has 0 aliphatic carbocycles. The maximum atomic E-state index is 13.0. The highest BCUT2D eigenvalue weighted by molar-refractivity contribution is 5.35. The van der Waals surface area contributed by atoms with Crippen molar-refractivity contribution in [1.29, 1.82) is 0 Å². The average Bonchev–Trinajstić information content (AvgIpc) is 2.47. The number of hydrogen-bond acceptors (Lipinski definition) is 3. The summed E-state index contributed by atoms with van der Waals surface area (Å²) in [6.45, 7) is 0. The Labute approximate surface area is 120 Å². The standard InChI is InChI=1S/C15H15F3N2O/c1-21-13-7-3-2-5-10(13)9-12(19)14-11(15(16,17)18)6-4-8-20-14/h2-8,12H,9,19H2,1H3. The minimum Gasteiger partial charge on any atom is -0.496 e. The lowest BCUT2D eigenvalue weighted by Gasteiger charge is -2.18. The van der Waals surface area contributed by atoms with Gasteiger partial charge in [0.2, 0.25) is 0 Å². The van der Waals surface area contributed by atoms with Gasteiger partial charge in [0.05, 0.1) is 24.4 Å². The van der Waals surface area contributed by atoms with Crippen molar-refractivity contribution in [3.05, 3.63) is 59.4 Å². The van der Waals surface area contributed by atoms with Crippen LogP contribution in [-0.2, 0) is 12.6 Å². The quantitative estimate of drug-likeness (QED) is 0.941. The zero-order valence-corrected chi connectivity index (χ0v) is 11.4. The van der Waals surface area contributed by atoms with Crippen molar-refractivity contribution in [3.8, 4) is 5.75 Å². The number of para-hydroxylation sites is 1. The third-order valence-electron chi connectivity index (χ3n) is 3.13. The number of aromatic nitrogens is 1. The number of methoxy groups -OCH3 is 1. The first-order valence-electron chi connectivity index (χ1n) is 6.33. The second kappa shape index (κ2) is 6.13. The number of nitrogens with zero attached hydrogens (tertiary/aromatic N) is 1. The van der Waals surface area contributed by atoms with E-state index in [1.54, 1.807) is 24.3 Å². The van der Waals surface area contributed by atoms with E-state index in [4.69, 9.17) is 10.5 Å². The minimum absolute atomic E-state index is 0.157. The van der Waals surface area contributed by atoms with Crippen LogP contribution in [0.1, 0.15) is 22.9 Å². The molecule has 0 aliphatic heterocycles. The summed E-state index contributed by atoms with van der Waals surface area (Å²) in [5, 5.41) is 0. The molecule has 0 amide bonds. The third kappa shape index (κ3) is 3.52. The topological polar surface area (TPSA) is 48.1 Å². The molecule has 2 N–H and O–H groups in total. The molecule has 112 valence electrons. The Morgan fingerprint density at radius 2 is 1.90 bits per heavy atom. The van der Waals surface area contributed by atoms with Crippen LogP contribution in [0.5, 0.6) is 5.75 Å². The van der Waals surface area contributed by atoms with Crippen LogP contribution in [-0.4, -0.2) is 12.1 Å². The number of nitrogens with two attached hydrogens (primary N) is 1. The number of halogens is 3. The van der Waals surface area contributed by atoms with Crippen LogP contribution in [0.3, 0.4) is 0 Å². The molecule has 1 aromatic heterocycles. The number of alkyl halides is 3. The number of rotatable bonds is 4. The molecule has 0 saturated carbocycles. The van der Waals surface area contributed by atoms with Gasteiger partial charge in [0.25, 0.3) is 0 Å². The van der Waals surface area contributed by atoms with Gasteiger partial charge in [-0.05, 0) is 30.2 Å². The van der Waals surface area contributed by atoms with Crippen LogP contribution in [0, 0.1) is 0 Å². The van der Waals surface area contributed by atoms with Crippen molar-refractivity contribution < 1.29 is 17.9 Å². The smallest absolute Gasteiger partial charge is 0.418 e. The molecule has 0 aliphatic rings. The van der Waals surface area contributed by atoms with Crippen LogP contribution in [0.25, 0.3) is 0 Å². The molecule has 1 atom stereocenters. The Kier molecular flexibility index (Phi) is 4.47. The fourth-order valence-corrected chi connectivity index (χ4v) is 2.16. The van der Waals surface area contributed by atoms with E-state index in [1.165, 1.54) is 19.4 Å². The Morgan fingerprint density at radius 1 is 1.19 bits per heavy atom. The summed E-state index contributed by atoms with van der Waals surface area (Å²) in [6.07, 6.45) is -2.95. The lowest BCUT2D eigenvalue weighted by atomic mass is 9.99. The second-order valence-electron chi connectivity index (χ2n) is 4.56. The molecule has 1 heterocycles. The highest BCUT2D eigenvalue weighted by Gasteiger charge is 2.35. The lowest BCUT2D eigenvalue weighted by Crippen LogP contribution is -2.21. The van der Waals surface area contributed by atoms with E-state index in [9.17, 15) is 13.2 Å². The molecule has 2 rings (SSSR count). The van der Waals surface area contributed by atoms with E-state index in [2.05, 4.69) is 4.98 Å². The molecule has 1 aromatic carbocycles. The first-order chi connectivity index (χ1) is 9.93. The fraction of sp³-hybridized carbons (Fsp3) is 0.267. The molecule has 1 unspecified atom stereocenters. The van der Waals surface area contributed by atoms with E-state index in [1.807, 2.05) is 0 Å². The molecular weight excluding hydrogens is 281 g/mol. The van der Waals surface area contributed by atoms with Crippen molar-refractivity contribution >= 4 is 0 Å². The molecule has 0 saturated heterocycles. The van der Waals surface area contributed by atoms with Gasteiger partial charge in [-0.15, -0.1) is 0 Å². The Bertz CT molecular complexity index is 614. The van der Waals surface area contributed by atoms with Crippen molar-refractivity contribution in [3.63, 3.8) is 0 Å². The zero-order valence-electron chi connectivity index (χ0n) is 11.4. The van der Waals surface area contributed by atoms with Gasteiger partial charge in [-0.2, -0.15) is 13.2 Å². The molecular formula is C15H15F3N2O. The number of pyridine rings is 1. The van der Waals surface area contributed by atoms with Crippen LogP contribution >= 0.6 is 0 Å². The largest absolute Gasteiger partial charge is 0.496 e. The maximum absolute atomic E-state index is 13.0. The molecule has 0 radical (unpaired) electrons. The van der Waals surface area contributed by atoms with Crippen LogP contribution < -0.4 is 10.5 Å². The van der Waals surface area contributed by atoms with Crippen LogP contribution in [0.15, 0.2) is 42.6 Å². The summed E-state index contributed by atoms with van der Waals surface area (Å²) in [5.74, 6) is 0.595. The summed E-state index contributed by atoms with van der Waals surface area (Å²) in [5.41, 5.74) is 5.72. The van der Waals surface area contributed by atoms with Gasteiger partial charge in [-0.3, -0.25) is 4.98 Å². The van der Waals surface area contributed by atoms with Crippen molar-refractivity contribution in [2.24, 2.45) is 5.73 Å². The molecule has 2 aromatic rings. The van der Waals surface area contributed by atoms with Gasteiger partial charge in [-0.25, -0.2) is 0 Å². The molecule has 0 bridgehead atoms. The second-order valence-corrected chi connectivity index (χ2v) is 4.56. The predicted molar refractivity (Wildman–Crippen MR) is 72.9 cm³/mol. The van der Waals surface area contributed by atoms with E-state index in [0.717, 1.165) is 11.6 Å². The molecule has 6 heteroatoms. The van der Waals surface area contributed by atoms with Gasteiger partial charge < -0.3 is 10.5 Å². The van der Waals surface area contributed by atoms with Gasteiger partial charge in [0.1, 0.15) is 5.75 Å². The number of ether oxygens (including phenoxy) is 1. The monoisotopic (exact) mass is 296 g/mol. The van der Waals surface area contributed by atoms with E-state index in [0.29, 0.717) is 5.75 Å². The Hall–Kier alpha value is -2.08. The highest BCUT2D eigenvalue weighted by Crippen LogP contribution is 2.34. The highest BCUT2D eigenvalue weighted by atomic mass is 19.4. The summed E-state index contributed by atoms with van der Waals surface area (Å²) < 4.78 is 44.1. The van der Waals surface area contributed by atoms with Crippen LogP contribution in [0.2, 0.25) is 0 Å². The summed E-state index contributed by atoms with van der Waals surface area (Å²) in [6, 6.07) is 8.47. The average molecular weight is 296 g/mol. The van der Waals surface area contributed by atoms with Crippen LogP contribution in [0.4, 0.5) is 13.2 Å². The summed E-state index contributed by atoms with van der Waals surface area (Å²) in [4.78, 5) is 3.81. The summed E-state index contributed by atoms with van der Waals surface area (Å²) >= 11 is 0. The molecule has 0 fully saturated rings. The number of benzene rings is 1. The maximum Gasteiger partial charge on any atom is 0.418 e. The van der Waals surface area contributed by atoms with Gasteiger partial charge in [0, 0.05) is 6.20 Å². The molecule has 21 heavy (non-hydrogen) atoms. The van der Waals surface area contributed by atoms with Gasteiger partial charge in [-0.1, -0.05) is 18.2 Å². The SMILES string of the molecule is COc1ccccc1CC(N)c1ncccc1C(F)(F)F. The van der Waals surface area contributed by atoms with E-state index in [-0.39, 0.29) is 12.1 Å². The third-order valence-corrected chi connectivity index (χ3v) is 3.13. The first kappa shape index (κ1) is 15.3. The Morgan fingerprint density at radius 3 is 2.57 bits per heavy atom. The molecule has 3 nitrogen and oxygen atoms in total. The van der Waals surface area contributed by atoms with Crippen molar-refractivity contribution in [1.82, 2.24) is 4.98 Å². The van der Waals surface area contributed by atoms with E-state index < -0.39 is 17.8 Å². The van der Waals surface area contributed by atoms with Crippen molar-refractivity contribution in [2.45, 2.75) is 18.6 Å². The van der Waals surface area contributed by atoms with E-state index >= 15 is 0 Å². The fourth-order valence-electron chi connectivity index (χ4n) is 2.16. The molecule has 0 spiro atoms. The predicted octanol–water partition coefficient (Wildman–Crippen LogP) is 3.35. The first-order valence-corrected chi connectivity index (χ1v) is 6.33. The summed E-state index contributed by atoms with van der Waals surface area (Å²) in [7, 11) is 1.51. The van der Waals surface area contributed by atoms with Gasteiger partial charge >= 0.3 is 6.18 Å². The van der Waals surface area contributed by atoms with Crippen molar-refractivity contribution in [2.75, 3.05) is 7.11 Å².